The minimum atomic E-state index is -0.458. The molecule has 1 fully saturated rings. The van der Waals surface area contributed by atoms with Crippen molar-refractivity contribution in [3.63, 3.8) is 0 Å². The minimum Gasteiger partial charge on any atom is -0.490 e. The Morgan fingerprint density at radius 3 is 2.89 bits per heavy atom. The largest absolute Gasteiger partial charge is 0.490 e. The zero-order chi connectivity index (χ0) is 12.6. The van der Waals surface area contributed by atoms with Crippen molar-refractivity contribution >= 4 is 0 Å². The van der Waals surface area contributed by atoms with Gasteiger partial charge in [0, 0.05) is 18.7 Å². The lowest BCUT2D eigenvalue weighted by Gasteiger charge is -2.24. The molecule has 1 unspecified atom stereocenters. The molecule has 0 spiro atoms. The smallest absolute Gasteiger partial charge is 0.127 e. The van der Waals surface area contributed by atoms with Crippen LogP contribution >= 0.6 is 0 Å². The van der Waals surface area contributed by atoms with Crippen LogP contribution in [0.2, 0.25) is 0 Å². The molecule has 2 rings (SSSR count). The molecule has 0 aromatic heterocycles. The second-order valence-electron chi connectivity index (χ2n) is 4.93. The van der Waals surface area contributed by atoms with Gasteiger partial charge in [-0.25, -0.2) is 0 Å². The van der Waals surface area contributed by atoms with Crippen LogP contribution in [0, 0.1) is 6.07 Å². The van der Waals surface area contributed by atoms with Gasteiger partial charge in [-0.2, -0.15) is 0 Å². The van der Waals surface area contributed by atoms with Crippen molar-refractivity contribution in [2.45, 2.75) is 44.2 Å². The van der Waals surface area contributed by atoms with E-state index in [9.17, 15) is 5.11 Å². The molecule has 2 N–H and O–H groups in total. The van der Waals surface area contributed by atoms with Crippen molar-refractivity contribution in [2.75, 3.05) is 13.2 Å². The van der Waals surface area contributed by atoms with E-state index in [1.54, 1.807) is 0 Å². The average molecular weight is 248 g/mol. The highest BCUT2D eigenvalue weighted by Crippen LogP contribution is 2.17. The molecule has 1 aromatic rings. The van der Waals surface area contributed by atoms with Crippen molar-refractivity contribution < 1.29 is 9.84 Å². The fraction of sp³-hybridized carbons (Fsp3) is 0.600. The molecule has 0 heterocycles. The lowest BCUT2D eigenvalue weighted by Crippen LogP contribution is -2.38. The maximum Gasteiger partial charge on any atom is 0.127 e. The normalized spacial score (nSPS) is 18.5. The van der Waals surface area contributed by atoms with Crippen LogP contribution in [0.5, 0.6) is 5.75 Å². The highest BCUT2D eigenvalue weighted by molar-refractivity contribution is 5.19. The molecule has 1 aliphatic rings. The Kier molecular flexibility index (Phi) is 5.49. The molecule has 1 saturated carbocycles. The Balaban J connectivity index is 1.61. The number of rotatable bonds is 6. The Morgan fingerprint density at radius 1 is 1.33 bits per heavy atom. The molecule has 0 amide bonds. The van der Waals surface area contributed by atoms with Crippen LogP contribution in [0.1, 0.15) is 32.1 Å². The van der Waals surface area contributed by atoms with Crippen molar-refractivity contribution in [2.24, 2.45) is 0 Å². The van der Waals surface area contributed by atoms with Gasteiger partial charge < -0.3 is 15.2 Å². The third-order valence-corrected chi connectivity index (χ3v) is 3.36. The summed E-state index contributed by atoms with van der Waals surface area (Å²) in [5.41, 5.74) is 0. The van der Waals surface area contributed by atoms with Gasteiger partial charge in [-0.05, 0) is 18.9 Å². The summed E-state index contributed by atoms with van der Waals surface area (Å²) in [6.45, 7) is 0.928. The summed E-state index contributed by atoms with van der Waals surface area (Å²) in [7, 11) is 0. The number of hydrogen-bond acceptors (Lipinski definition) is 3. The lowest BCUT2D eigenvalue weighted by atomic mass is 9.95. The van der Waals surface area contributed by atoms with Crippen LogP contribution in [-0.4, -0.2) is 30.4 Å². The molecule has 0 aliphatic heterocycles. The molecule has 18 heavy (non-hydrogen) atoms. The Morgan fingerprint density at radius 2 is 2.17 bits per heavy atom. The van der Waals surface area contributed by atoms with Gasteiger partial charge in [0.25, 0.3) is 0 Å². The van der Waals surface area contributed by atoms with Crippen LogP contribution in [0.25, 0.3) is 0 Å². The standard InChI is InChI=1S/C15H22NO2/c17-14(11-16-13-7-3-1-4-8-13)12-18-15-9-5-2-6-10-15/h2,5-6,9,13-14,16-17H,1,3-4,7-8,11-12H2. The van der Waals surface area contributed by atoms with Gasteiger partial charge in [0.1, 0.15) is 18.5 Å². The summed E-state index contributed by atoms with van der Waals surface area (Å²) in [5, 5.41) is 13.3. The van der Waals surface area contributed by atoms with E-state index in [4.69, 9.17) is 4.74 Å². The van der Waals surface area contributed by atoms with E-state index in [1.807, 2.05) is 24.3 Å². The number of nitrogens with one attached hydrogen (secondary N) is 1. The van der Waals surface area contributed by atoms with E-state index >= 15 is 0 Å². The first-order valence-electron chi connectivity index (χ1n) is 6.85. The molecule has 1 aromatic carbocycles. The van der Waals surface area contributed by atoms with Crippen LogP contribution in [0.3, 0.4) is 0 Å². The highest BCUT2D eigenvalue weighted by Gasteiger charge is 2.14. The number of hydrogen-bond donors (Lipinski definition) is 2. The van der Waals surface area contributed by atoms with E-state index in [0.717, 1.165) is 0 Å². The second-order valence-corrected chi connectivity index (χ2v) is 4.93. The van der Waals surface area contributed by atoms with E-state index in [1.165, 1.54) is 32.1 Å². The Labute approximate surface area is 109 Å². The molecule has 3 nitrogen and oxygen atoms in total. The van der Waals surface area contributed by atoms with Crippen molar-refractivity contribution in [3.8, 4) is 5.75 Å². The number of benzene rings is 1. The first-order valence-corrected chi connectivity index (χ1v) is 6.85. The quantitative estimate of drug-likeness (QED) is 0.810. The van der Waals surface area contributed by atoms with Crippen LogP contribution in [-0.2, 0) is 0 Å². The topological polar surface area (TPSA) is 41.5 Å². The van der Waals surface area contributed by atoms with Crippen molar-refractivity contribution in [1.29, 1.82) is 0 Å². The molecule has 1 radical (unpaired) electrons. The van der Waals surface area contributed by atoms with E-state index in [-0.39, 0.29) is 0 Å². The Bertz CT molecular complexity index is 323. The summed E-state index contributed by atoms with van der Waals surface area (Å²) < 4.78 is 5.46. The molecule has 1 atom stereocenters. The van der Waals surface area contributed by atoms with Gasteiger partial charge in [-0.3, -0.25) is 0 Å². The van der Waals surface area contributed by atoms with Gasteiger partial charge in [-0.1, -0.05) is 37.5 Å². The highest BCUT2D eigenvalue weighted by atomic mass is 16.5. The molecule has 3 heteroatoms. The van der Waals surface area contributed by atoms with Gasteiger partial charge in [-0.15, -0.1) is 0 Å². The molecular formula is C15H22NO2. The first-order chi connectivity index (χ1) is 8.84. The number of ether oxygens (including phenoxy) is 1. The first kappa shape index (κ1) is 13.4. The maximum atomic E-state index is 9.84. The number of para-hydroxylation sites is 1. The summed E-state index contributed by atoms with van der Waals surface area (Å²) in [6, 6.07) is 11.0. The number of aliphatic hydroxyl groups excluding tert-OH is 1. The monoisotopic (exact) mass is 248 g/mol. The van der Waals surface area contributed by atoms with Crippen molar-refractivity contribution in [1.82, 2.24) is 5.32 Å². The lowest BCUT2D eigenvalue weighted by molar-refractivity contribution is 0.102. The van der Waals surface area contributed by atoms with Crippen molar-refractivity contribution in [3.05, 3.63) is 30.3 Å². The predicted octanol–water partition coefficient (Wildman–Crippen LogP) is 2.15. The fourth-order valence-corrected chi connectivity index (χ4v) is 2.32. The summed E-state index contributed by atoms with van der Waals surface area (Å²) >= 11 is 0. The zero-order valence-corrected chi connectivity index (χ0v) is 10.8. The molecule has 1 aliphatic carbocycles. The zero-order valence-electron chi connectivity index (χ0n) is 10.8. The fourth-order valence-electron chi connectivity index (χ4n) is 2.32. The third-order valence-electron chi connectivity index (χ3n) is 3.36. The van der Waals surface area contributed by atoms with Crippen LogP contribution < -0.4 is 10.1 Å². The van der Waals surface area contributed by atoms with E-state index in [0.29, 0.717) is 24.9 Å². The molecular weight excluding hydrogens is 226 g/mol. The van der Waals surface area contributed by atoms with Crippen LogP contribution in [0.4, 0.5) is 0 Å². The summed E-state index contributed by atoms with van der Waals surface area (Å²) in [5.74, 6) is 0.689. The van der Waals surface area contributed by atoms with Crippen LogP contribution in [0.15, 0.2) is 24.3 Å². The van der Waals surface area contributed by atoms with E-state index in [2.05, 4.69) is 11.4 Å². The Hall–Kier alpha value is -1.06. The summed E-state index contributed by atoms with van der Waals surface area (Å²) in [6.07, 6.45) is 5.99. The third kappa shape index (κ3) is 4.67. The summed E-state index contributed by atoms with van der Waals surface area (Å²) in [4.78, 5) is 0. The minimum absolute atomic E-state index is 0.320. The van der Waals surface area contributed by atoms with Gasteiger partial charge in [0.2, 0.25) is 0 Å². The van der Waals surface area contributed by atoms with Gasteiger partial charge in [0.05, 0.1) is 0 Å². The van der Waals surface area contributed by atoms with Gasteiger partial charge >= 0.3 is 0 Å². The molecule has 0 bridgehead atoms. The SMILES string of the molecule is OC(CNC1CCCCC1)COc1[c]cccc1. The predicted molar refractivity (Wildman–Crippen MR) is 71.7 cm³/mol. The second kappa shape index (κ2) is 7.39. The van der Waals surface area contributed by atoms with Gasteiger partial charge in [0.15, 0.2) is 0 Å². The maximum absolute atomic E-state index is 9.84. The number of aliphatic hydroxyl groups is 1. The molecule has 0 saturated heterocycles. The average Bonchev–Trinajstić information content (AvgIpc) is 2.45. The molecule has 99 valence electrons. The van der Waals surface area contributed by atoms with E-state index < -0.39 is 6.10 Å².